The van der Waals surface area contributed by atoms with E-state index in [2.05, 4.69) is 40.7 Å². The Hall–Kier alpha value is -0.340. The number of hydrogen-bond acceptors (Lipinski definition) is 2. The molecule has 1 aliphatic heterocycles. The van der Waals surface area contributed by atoms with Gasteiger partial charge >= 0.3 is 0 Å². The number of allylic oxidation sites excluding steroid dienone is 1. The maximum atomic E-state index is 6.47. The molecule has 1 heterocycles. The van der Waals surface area contributed by atoms with Crippen LogP contribution in [-0.4, -0.2) is 19.0 Å². The molecule has 0 aromatic carbocycles. The van der Waals surface area contributed by atoms with E-state index < -0.39 is 0 Å². The second-order valence-electron chi connectivity index (χ2n) is 14.1. The average molecular weight is 471 g/mol. The number of ether oxygens (including phenoxy) is 2. The summed E-state index contributed by atoms with van der Waals surface area (Å²) in [6.45, 7) is 13.6. The van der Waals surface area contributed by atoms with Gasteiger partial charge in [0.25, 0.3) is 0 Å². The second kappa shape index (κ2) is 10.2. The van der Waals surface area contributed by atoms with Crippen molar-refractivity contribution >= 4 is 0 Å². The van der Waals surface area contributed by atoms with E-state index in [4.69, 9.17) is 9.47 Å². The first-order valence-corrected chi connectivity index (χ1v) is 15.3. The highest BCUT2D eigenvalue weighted by Crippen LogP contribution is 2.67. The van der Waals surface area contributed by atoms with Crippen molar-refractivity contribution in [3.63, 3.8) is 0 Å². The van der Waals surface area contributed by atoms with Crippen LogP contribution in [0.4, 0.5) is 0 Å². The predicted molar refractivity (Wildman–Crippen MR) is 142 cm³/mol. The standard InChI is InChI=1S/C32H54O2/c1-22(2)9-8-10-23(3)27-14-15-28-26-13-12-24-21-25(34-30-11-6-7-20-33-30)16-18-31(24,4)29(26)17-19-32(27,28)5/h12,22-23,25-30H,6-11,13-21H2,1-5H3. The summed E-state index contributed by atoms with van der Waals surface area (Å²) in [4.78, 5) is 0. The third-order valence-electron chi connectivity index (χ3n) is 11.7. The summed E-state index contributed by atoms with van der Waals surface area (Å²) in [5.74, 6) is 5.53. The quantitative estimate of drug-likeness (QED) is 0.346. The van der Waals surface area contributed by atoms with Crippen LogP contribution < -0.4 is 0 Å². The van der Waals surface area contributed by atoms with Gasteiger partial charge in [0.2, 0.25) is 0 Å². The van der Waals surface area contributed by atoms with Crippen LogP contribution in [0.3, 0.4) is 0 Å². The fourth-order valence-electron chi connectivity index (χ4n) is 9.80. The van der Waals surface area contributed by atoms with Crippen LogP contribution in [0.1, 0.15) is 125 Å². The molecule has 9 unspecified atom stereocenters. The van der Waals surface area contributed by atoms with Crippen molar-refractivity contribution in [1.29, 1.82) is 0 Å². The molecule has 0 N–H and O–H groups in total. The van der Waals surface area contributed by atoms with E-state index in [1.54, 1.807) is 5.57 Å². The van der Waals surface area contributed by atoms with Crippen LogP contribution in [0.25, 0.3) is 0 Å². The molecule has 2 heteroatoms. The lowest BCUT2D eigenvalue weighted by atomic mass is 9.47. The van der Waals surface area contributed by atoms with Gasteiger partial charge in [0, 0.05) is 6.61 Å². The zero-order valence-corrected chi connectivity index (χ0v) is 23.1. The smallest absolute Gasteiger partial charge is 0.157 e. The number of rotatable bonds is 7. The molecule has 3 saturated carbocycles. The molecule has 4 fully saturated rings. The second-order valence-corrected chi connectivity index (χ2v) is 14.1. The summed E-state index contributed by atoms with van der Waals surface area (Å²) in [6, 6.07) is 0. The summed E-state index contributed by atoms with van der Waals surface area (Å²) in [5, 5.41) is 0. The van der Waals surface area contributed by atoms with E-state index in [1.807, 2.05) is 0 Å². The monoisotopic (exact) mass is 470 g/mol. The largest absolute Gasteiger partial charge is 0.353 e. The molecule has 4 aliphatic carbocycles. The normalized spacial score (nSPS) is 45.3. The molecule has 0 amide bonds. The lowest BCUT2D eigenvalue weighted by molar-refractivity contribution is -0.195. The minimum atomic E-state index is 0.0633. The van der Waals surface area contributed by atoms with Gasteiger partial charge in [-0.2, -0.15) is 0 Å². The van der Waals surface area contributed by atoms with Crippen LogP contribution >= 0.6 is 0 Å². The van der Waals surface area contributed by atoms with Crippen LogP contribution in [0.5, 0.6) is 0 Å². The minimum absolute atomic E-state index is 0.0633. The SMILES string of the molecule is CC(C)CCCC(C)C1CCC2C3CC=C4CC(OC5CCCCO5)CCC4(C)C3CCC12C. The summed E-state index contributed by atoms with van der Waals surface area (Å²) in [6.07, 6.45) is 22.0. The van der Waals surface area contributed by atoms with Crippen molar-refractivity contribution in [2.24, 2.45) is 46.3 Å². The van der Waals surface area contributed by atoms with E-state index in [1.165, 1.54) is 77.0 Å². The summed E-state index contributed by atoms with van der Waals surface area (Å²) < 4.78 is 12.4. The Bertz CT molecular complexity index is 721. The highest BCUT2D eigenvalue weighted by molar-refractivity contribution is 5.25. The van der Waals surface area contributed by atoms with Crippen LogP contribution in [0, 0.1) is 46.3 Å². The van der Waals surface area contributed by atoms with Crippen molar-refractivity contribution in [1.82, 2.24) is 0 Å². The Morgan fingerprint density at radius 2 is 1.82 bits per heavy atom. The fraction of sp³-hybridized carbons (Fsp3) is 0.938. The van der Waals surface area contributed by atoms with E-state index >= 15 is 0 Å². The van der Waals surface area contributed by atoms with Crippen LogP contribution in [0.2, 0.25) is 0 Å². The molecule has 34 heavy (non-hydrogen) atoms. The molecule has 0 bridgehead atoms. The molecule has 9 atom stereocenters. The highest BCUT2D eigenvalue weighted by atomic mass is 16.7. The van der Waals surface area contributed by atoms with Crippen LogP contribution in [-0.2, 0) is 9.47 Å². The Morgan fingerprint density at radius 3 is 2.59 bits per heavy atom. The Morgan fingerprint density at radius 1 is 0.971 bits per heavy atom. The van der Waals surface area contributed by atoms with Crippen LogP contribution in [0.15, 0.2) is 11.6 Å². The Kier molecular flexibility index (Phi) is 7.59. The lowest BCUT2D eigenvalue weighted by Gasteiger charge is -2.58. The average Bonchev–Trinajstić information content (AvgIpc) is 3.17. The van der Waals surface area contributed by atoms with Gasteiger partial charge in [-0.1, -0.05) is 65.5 Å². The van der Waals surface area contributed by atoms with Gasteiger partial charge in [0.15, 0.2) is 6.29 Å². The van der Waals surface area contributed by atoms with Crippen molar-refractivity contribution in [3.8, 4) is 0 Å². The van der Waals surface area contributed by atoms with E-state index in [9.17, 15) is 0 Å². The van der Waals surface area contributed by atoms with Crippen molar-refractivity contribution in [2.45, 2.75) is 137 Å². The van der Waals surface area contributed by atoms with Gasteiger partial charge in [0.05, 0.1) is 6.10 Å². The molecule has 5 aliphatic rings. The van der Waals surface area contributed by atoms with Gasteiger partial charge in [-0.25, -0.2) is 0 Å². The van der Waals surface area contributed by atoms with Gasteiger partial charge in [0.1, 0.15) is 0 Å². The molecule has 2 nitrogen and oxygen atoms in total. The van der Waals surface area contributed by atoms with Crippen molar-refractivity contribution < 1.29 is 9.47 Å². The zero-order valence-electron chi connectivity index (χ0n) is 23.1. The van der Waals surface area contributed by atoms with Gasteiger partial charge in [-0.05, 0) is 117 Å². The number of hydrogen-bond donors (Lipinski definition) is 0. The van der Waals surface area contributed by atoms with E-state index in [-0.39, 0.29) is 6.29 Å². The third-order valence-corrected chi connectivity index (χ3v) is 11.7. The first kappa shape index (κ1) is 25.3. The molecule has 0 aromatic heterocycles. The summed E-state index contributed by atoms with van der Waals surface area (Å²) in [7, 11) is 0. The van der Waals surface area contributed by atoms with E-state index in [0.717, 1.165) is 55.0 Å². The maximum absolute atomic E-state index is 6.47. The molecule has 0 spiro atoms. The third kappa shape index (κ3) is 4.69. The predicted octanol–water partition coefficient (Wildman–Crippen LogP) is 8.94. The minimum Gasteiger partial charge on any atom is -0.353 e. The number of fused-ring (bicyclic) bond motifs is 5. The lowest BCUT2D eigenvalue weighted by Crippen LogP contribution is -2.51. The zero-order chi connectivity index (χ0) is 23.9. The first-order chi connectivity index (χ1) is 16.3. The molecule has 0 aromatic rings. The molecular formula is C32H54O2. The summed E-state index contributed by atoms with van der Waals surface area (Å²) in [5.41, 5.74) is 2.78. The molecule has 5 rings (SSSR count). The Balaban J connectivity index is 1.24. The maximum Gasteiger partial charge on any atom is 0.157 e. The van der Waals surface area contributed by atoms with E-state index in [0.29, 0.717) is 16.9 Å². The topological polar surface area (TPSA) is 18.5 Å². The molecule has 1 saturated heterocycles. The molecular weight excluding hydrogens is 416 g/mol. The first-order valence-electron chi connectivity index (χ1n) is 15.3. The van der Waals surface area contributed by atoms with Crippen molar-refractivity contribution in [3.05, 3.63) is 11.6 Å². The molecule has 0 radical (unpaired) electrons. The van der Waals surface area contributed by atoms with Gasteiger partial charge in [-0.15, -0.1) is 0 Å². The van der Waals surface area contributed by atoms with Gasteiger partial charge < -0.3 is 9.47 Å². The Labute approximate surface area is 211 Å². The van der Waals surface area contributed by atoms with Crippen molar-refractivity contribution in [2.75, 3.05) is 6.61 Å². The highest BCUT2D eigenvalue weighted by Gasteiger charge is 2.59. The summed E-state index contributed by atoms with van der Waals surface area (Å²) >= 11 is 0. The molecule has 194 valence electrons. The van der Waals surface area contributed by atoms with Gasteiger partial charge in [-0.3, -0.25) is 0 Å². The fourth-order valence-corrected chi connectivity index (χ4v) is 9.80.